The standard InChI is InChI=1S/C33H34F2N2O4/c1-21(31(38)39)36-16-14-33(15-17-36)29-28-26(10-7-11-27(28)40-19-22-8-5-4-6-9-22)37(30(29)32(2,3)20-41-33)23-12-13-24(34)25(35)18-23/h4-13,18,21H,14-17,19-20H2,1-3H3,(H,38,39). The van der Waals surface area contributed by atoms with Crippen LogP contribution in [-0.2, 0) is 27.2 Å². The van der Waals surface area contributed by atoms with Gasteiger partial charge in [-0.15, -0.1) is 0 Å². The van der Waals surface area contributed by atoms with Gasteiger partial charge in [-0.3, -0.25) is 9.69 Å². The molecule has 214 valence electrons. The molecule has 3 heterocycles. The molecule has 1 fully saturated rings. The lowest BCUT2D eigenvalue weighted by molar-refractivity contribution is -0.148. The normalized spacial score (nSPS) is 18.8. The number of carbonyl (C=O) groups is 1. The SMILES string of the molecule is CC(C(=O)O)N1CCC2(CC1)OCC(C)(C)c1c2c2c(OCc3ccccc3)cccc2n1-c1ccc(F)c(F)c1. The third-order valence-electron chi connectivity index (χ3n) is 8.67. The van der Waals surface area contributed by atoms with E-state index in [0.717, 1.165) is 33.8 Å². The van der Waals surface area contributed by atoms with E-state index in [2.05, 4.69) is 13.8 Å². The lowest BCUT2D eigenvalue weighted by atomic mass is 9.73. The third kappa shape index (κ3) is 4.69. The number of fused-ring (bicyclic) bond motifs is 4. The van der Waals surface area contributed by atoms with Gasteiger partial charge in [0.15, 0.2) is 11.6 Å². The number of hydrogen-bond acceptors (Lipinski definition) is 4. The topological polar surface area (TPSA) is 63.9 Å². The van der Waals surface area contributed by atoms with Crippen LogP contribution >= 0.6 is 0 Å². The van der Waals surface area contributed by atoms with Crippen molar-refractivity contribution in [1.82, 2.24) is 9.47 Å². The first-order valence-corrected chi connectivity index (χ1v) is 14.0. The third-order valence-corrected chi connectivity index (χ3v) is 8.67. The number of likely N-dealkylation sites (tertiary alicyclic amines) is 1. The van der Waals surface area contributed by atoms with Crippen LogP contribution < -0.4 is 4.74 Å². The predicted molar refractivity (Wildman–Crippen MR) is 153 cm³/mol. The van der Waals surface area contributed by atoms with E-state index in [9.17, 15) is 18.7 Å². The largest absolute Gasteiger partial charge is 0.488 e. The number of aromatic nitrogens is 1. The molecule has 0 saturated carbocycles. The van der Waals surface area contributed by atoms with Gasteiger partial charge in [0.05, 0.1) is 17.7 Å². The average Bonchev–Trinajstić information content (AvgIpc) is 3.34. The summed E-state index contributed by atoms with van der Waals surface area (Å²) in [5, 5.41) is 10.5. The van der Waals surface area contributed by atoms with Gasteiger partial charge < -0.3 is 19.1 Å². The van der Waals surface area contributed by atoms with E-state index in [-0.39, 0.29) is 0 Å². The number of benzene rings is 3. The molecule has 2 aliphatic heterocycles. The predicted octanol–water partition coefficient (Wildman–Crippen LogP) is 6.56. The van der Waals surface area contributed by atoms with Crippen molar-refractivity contribution >= 4 is 16.9 Å². The second-order valence-corrected chi connectivity index (χ2v) is 11.8. The smallest absolute Gasteiger partial charge is 0.320 e. The summed E-state index contributed by atoms with van der Waals surface area (Å²) in [6.07, 6.45) is 1.19. The maximum absolute atomic E-state index is 14.6. The van der Waals surface area contributed by atoms with Crippen molar-refractivity contribution in [2.75, 3.05) is 19.7 Å². The second-order valence-electron chi connectivity index (χ2n) is 11.8. The molecule has 3 aromatic carbocycles. The molecule has 8 heteroatoms. The van der Waals surface area contributed by atoms with Crippen LogP contribution in [0.5, 0.6) is 5.75 Å². The zero-order valence-electron chi connectivity index (χ0n) is 23.5. The average molecular weight is 561 g/mol. The van der Waals surface area contributed by atoms with E-state index >= 15 is 0 Å². The van der Waals surface area contributed by atoms with Crippen LogP contribution in [0.1, 0.15) is 50.4 Å². The Hall–Kier alpha value is -3.75. The Balaban J connectivity index is 1.57. The summed E-state index contributed by atoms with van der Waals surface area (Å²) in [4.78, 5) is 13.7. The van der Waals surface area contributed by atoms with Gasteiger partial charge in [0.2, 0.25) is 0 Å². The van der Waals surface area contributed by atoms with Gasteiger partial charge in [-0.1, -0.05) is 50.2 Å². The van der Waals surface area contributed by atoms with Crippen molar-refractivity contribution in [3.63, 3.8) is 0 Å². The number of rotatable bonds is 6. The molecule has 1 aromatic heterocycles. The summed E-state index contributed by atoms with van der Waals surface area (Å²) >= 11 is 0. The lowest BCUT2D eigenvalue weighted by Crippen LogP contribution is -2.53. The monoisotopic (exact) mass is 560 g/mol. The number of halogens is 2. The molecule has 2 aliphatic rings. The number of carboxylic acids is 1. The summed E-state index contributed by atoms with van der Waals surface area (Å²) in [6, 6.07) is 19.2. The number of carboxylic acid groups (broad SMARTS) is 1. The van der Waals surface area contributed by atoms with E-state index < -0.39 is 34.7 Å². The van der Waals surface area contributed by atoms with Crippen LogP contribution in [0.2, 0.25) is 0 Å². The fraction of sp³-hybridized carbons (Fsp3) is 0.364. The lowest BCUT2D eigenvalue weighted by Gasteiger charge is -2.49. The van der Waals surface area contributed by atoms with Crippen molar-refractivity contribution in [3.05, 3.63) is 95.2 Å². The van der Waals surface area contributed by atoms with Gasteiger partial charge >= 0.3 is 5.97 Å². The fourth-order valence-electron chi connectivity index (χ4n) is 6.42. The first-order valence-electron chi connectivity index (χ1n) is 14.0. The molecule has 0 amide bonds. The molecule has 0 aliphatic carbocycles. The fourth-order valence-corrected chi connectivity index (χ4v) is 6.42. The Morgan fingerprint density at radius 2 is 1.76 bits per heavy atom. The van der Waals surface area contributed by atoms with E-state index in [4.69, 9.17) is 9.47 Å². The van der Waals surface area contributed by atoms with Gasteiger partial charge in [-0.25, -0.2) is 8.78 Å². The molecule has 1 unspecified atom stereocenters. The van der Waals surface area contributed by atoms with Crippen molar-refractivity contribution < 1.29 is 28.2 Å². The quantitative estimate of drug-likeness (QED) is 0.289. The molecule has 1 N–H and O–H groups in total. The molecule has 1 spiro atoms. The summed E-state index contributed by atoms with van der Waals surface area (Å²) in [5.41, 5.74) is 3.18. The summed E-state index contributed by atoms with van der Waals surface area (Å²) in [7, 11) is 0. The van der Waals surface area contributed by atoms with E-state index in [1.807, 2.05) is 58.0 Å². The number of nitrogens with zero attached hydrogens (tertiary/aromatic N) is 2. The molecule has 41 heavy (non-hydrogen) atoms. The summed E-state index contributed by atoms with van der Waals surface area (Å²) in [6.45, 7) is 7.80. The number of piperidine rings is 1. The Morgan fingerprint density at radius 3 is 2.44 bits per heavy atom. The van der Waals surface area contributed by atoms with E-state index in [1.165, 1.54) is 6.07 Å². The summed E-state index contributed by atoms with van der Waals surface area (Å²) < 4.78 is 43.9. The molecular weight excluding hydrogens is 526 g/mol. The highest BCUT2D eigenvalue weighted by Gasteiger charge is 2.50. The number of hydrogen-bond donors (Lipinski definition) is 1. The van der Waals surface area contributed by atoms with Gasteiger partial charge in [-0.05, 0) is 49.6 Å². The van der Waals surface area contributed by atoms with Crippen LogP contribution in [0, 0.1) is 11.6 Å². The van der Waals surface area contributed by atoms with Crippen LogP contribution in [0.3, 0.4) is 0 Å². The molecule has 6 rings (SSSR count). The van der Waals surface area contributed by atoms with Crippen molar-refractivity contribution in [2.45, 2.75) is 57.3 Å². The molecular formula is C33H34F2N2O4. The highest BCUT2D eigenvalue weighted by atomic mass is 19.2. The first kappa shape index (κ1) is 27.4. The number of ether oxygens (including phenoxy) is 2. The molecule has 0 radical (unpaired) electrons. The summed E-state index contributed by atoms with van der Waals surface area (Å²) in [5.74, 6) is -1.97. The Kier molecular flexibility index (Phi) is 6.86. The van der Waals surface area contributed by atoms with Crippen LogP contribution in [0.4, 0.5) is 8.78 Å². The minimum absolute atomic E-state index is 0.367. The highest BCUT2D eigenvalue weighted by molar-refractivity contribution is 5.94. The molecule has 6 nitrogen and oxygen atoms in total. The zero-order valence-corrected chi connectivity index (χ0v) is 23.5. The van der Waals surface area contributed by atoms with Gasteiger partial charge in [0.1, 0.15) is 18.4 Å². The Morgan fingerprint density at radius 1 is 1.02 bits per heavy atom. The molecule has 4 aromatic rings. The van der Waals surface area contributed by atoms with E-state index in [1.54, 1.807) is 13.0 Å². The van der Waals surface area contributed by atoms with Crippen LogP contribution in [-0.4, -0.2) is 46.3 Å². The van der Waals surface area contributed by atoms with E-state index in [0.29, 0.717) is 50.6 Å². The van der Waals surface area contributed by atoms with Crippen molar-refractivity contribution in [3.8, 4) is 11.4 Å². The maximum atomic E-state index is 14.6. The van der Waals surface area contributed by atoms with Gasteiger partial charge in [-0.2, -0.15) is 0 Å². The molecule has 1 atom stereocenters. The Bertz CT molecular complexity index is 1610. The van der Waals surface area contributed by atoms with Crippen molar-refractivity contribution in [1.29, 1.82) is 0 Å². The molecule has 1 saturated heterocycles. The zero-order chi connectivity index (χ0) is 28.9. The van der Waals surface area contributed by atoms with Crippen LogP contribution in [0.25, 0.3) is 16.6 Å². The van der Waals surface area contributed by atoms with Crippen LogP contribution in [0.15, 0.2) is 66.7 Å². The highest BCUT2D eigenvalue weighted by Crippen LogP contribution is 2.53. The van der Waals surface area contributed by atoms with Gasteiger partial charge in [0, 0.05) is 46.9 Å². The van der Waals surface area contributed by atoms with Gasteiger partial charge in [0.25, 0.3) is 0 Å². The first-order chi connectivity index (χ1) is 19.6. The second kappa shape index (κ2) is 10.3. The maximum Gasteiger partial charge on any atom is 0.320 e. The Labute approximate surface area is 238 Å². The number of aliphatic carboxylic acids is 1. The minimum Gasteiger partial charge on any atom is -0.488 e. The van der Waals surface area contributed by atoms with Crippen molar-refractivity contribution in [2.24, 2.45) is 0 Å². The minimum atomic E-state index is -0.912. The molecule has 0 bridgehead atoms.